The third-order valence-corrected chi connectivity index (χ3v) is 3.21. The molecule has 20 heavy (non-hydrogen) atoms. The van der Waals surface area contributed by atoms with Crippen LogP contribution in [0.2, 0.25) is 0 Å². The largest absolute Gasteiger partial charge is 0.493 e. The minimum atomic E-state index is -5.11. The Hall–Kier alpha value is -1.89. The van der Waals surface area contributed by atoms with Gasteiger partial charge in [-0.2, -0.15) is 13.2 Å². The summed E-state index contributed by atoms with van der Waals surface area (Å²) in [6.07, 6.45) is -4.29. The summed E-state index contributed by atoms with van der Waals surface area (Å²) in [5, 5.41) is 5.47. The fourth-order valence-corrected chi connectivity index (χ4v) is 1.98. The van der Waals surface area contributed by atoms with Crippen LogP contribution in [0.3, 0.4) is 0 Å². The Kier molecular flexibility index (Phi) is 3.33. The van der Waals surface area contributed by atoms with Gasteiger partial charge in [0.05, 0.1) is 7.11 Å². The Morgan fingerprint density at radius 3 is 2.60 bits per heavy atom. The number of carboxylic acid groups (broad SMARTS) is 1. The third kappa shape index (κ3) is 2.07. The monoisotopic (exact) mass is 308 g/mol. The lowest BCUT2D eigenvalue weighted by atomic mass is 10.0. The predicted molar refractivity (Wildman–Crippen MR) is 63.9 cm³/mol. The lowest BCUT2D eigenvalue weighted by molar-refractivity contribution is -0.204. The fourth-order valence-electron chi connectivity index (χ4n) is 1.77. The van der Waals surface area contributed by atoms with Crippen LogP contribution in [0.25, 0.3) is 6.08 Å². The van der Waals surface area contributed by atoms with E-state index in [1.54, 1.807) is 0 Å². The molecule has 1 aromatic carbocycles. The molecular formula is C12H8ClF3O4. The summed E-state index contributed by atoms with van der Waals surface area (Å²) in [6, 6.07) is 4.27. The number of rotatable bonds is 2. The van der Waals surface area contributed by atoms with Crippen molar-refractivity contribution in [1.29, 1.82) is 0 Å². The van der Waals surface area contributed by atoms with E-state index in [1.165, 1.54) is 25.3 Å². The van der Waals surface area contributed by atoms with Gasteiger partial charge in [-0.15, -0.1) is 0 Å². The summed E-state index contributed by atoms with van der Waals surface area (Å²) >= 11 is 5.42. The topological polar surface area (TPSA) is 55.8 Å². The molecule has 1 atom stereocenters. The summed E-state index contributed by atoms with van der Waals surface area (Å²) in [6.45, 7) is 0. The number of hydrogen-bond donors (Lipinski definition) is 1. The van der Waals surface area contributed by atoms with Crippen LogP contribution in [-0.4, -0.2) is 29.4 Å². The average Bonchev–Trinajstić information content (AvgIpc) is 2.35. The van der Waals surface area contributed by atoms with Crippen molar-refractivity contribution in [3.05, 3.63) is 29.3 Å². The van der Waals surface area contributed by atoms with E-state index in [0.717, 1.165) is 6.08 Å². The van der Waals surface area contributed by atoms with Gasteiger partial charge in [-0.3, -0.25) is 0 Å². The molecule has 1 N–H and O–H groups in total. The lowest BCUT2D eigenvalue weighted by Gasteiger charge is -2.34. The van der Waals surface area contributed by atoms with Gasteiger partial charge in [0.15, 0.2) is 11.5 Å². The first-order valence-corrected chi connectivity index (χ1v) is 5.65. The van der Waals surface area contributed by atoms with Gasteiger partial charge < -0.3 is 14.6 Å². The number of carbonyl (C=O) groups is 1. The molecule has 1 heterocycles. The summed E-state index contributed by atoms with van der Waals surface area (Å²) in [5.74, 6) is -2.05. The molecule has 0 bridgehead atoms. The molecule has 108 valence electrons. The Morgan fingerprint density at radius 1 is 1.45 bits per heavy atom. The van der Waals surface area contributed by atoms with Crippen LogP contribution in [0.5, 0.6) is 11.5 Å². The maximum atomic E-state index is 13.1. The lowest BCUT2D eigenvalue weighted by Crippen LogP contribution is -2.50. The van der Waals surface area contributed by atoms with E-state index in [4.69, 9.17) is 26.2 Å². The second-order valence-corrected chi connectivity index (χ2v) is 4.47. The Balaban J connectivity index is 2.69. The zero-order valence-corrected chi connectivity index (χ0v) is 10.7. The molecule has 0 radical (unpaired) electrons. The standard InChI is InChI=1S/C12H8ClF3O4/c1-19-8-4-2-3-6-5-7(10(17)18)11(13,12(14,15)16)20-9(6)8/h2-5H,1H3,(H,17,18). The van der Waals surface area contributed by atoms with Crippen molar-refractivity contribution in [3.8, 4) is 11.5 Å². The molecule has 0 saturated heterocycles. The predicted octanol–water partition coefficient (Wildman–Crippen LogP) is 3.05. The number of methoxy groups -OCH3 is 1. The SMILES string of the molecule is COc1cccc2c1OC(Cl)(C(F)(F)F)C(C(=O)O)=C2. The highest BCUT2D eigenvalue weighted by Crippen LogP contribution is 2.50. The molecule has 0 aromatic heterocycles. The van der Waals surface area contributed by atoms with Gasteiger partial charge in [-0.1, -0.05) is 23.7 Å². The molecule has 0 saturated carbocycles. The number of hydrogen-bond acceptors (Lipinski definition) is 3. The van der Waals surface area contributed by atoms with Gasteiger partial charge in [0.2, 0.25) is 0 Å². The van der Waals surface area contributed by atoms with E-state index in [1.807, 2.05) is 0 Å². The second kappa shape index (κ2) is 4.59. The Labute approximate surface area is 116 Å². The normalized spacial score (nSPS) is 21.6. The van der Waals surface area contributed by atoms with E-state index < -0.39 is 22.8 Å². The van der Waals surface area contributed by atoms with Crippen LogP contribution in [0.4, 0.5) is 13.2 Å². The zero-order valence-electron chi connectivity index (χ0n) is 9.99. The van der Waals surface area contributed by atoms with Crippen molar-refractivity contribution < 1.29 is 32.5 Å². The highest BCUT2D eigenvalue weighted by atomic mass is 35.5. The highest BCUT2D eigenvalue weighted by molar-refractivity contribution is 6.29. The average molecular weight is 309 g/mol. The van der Waals surface area contributed by atoms with Gasteiger partial charge in [0.25, 0.3) is 0 Å². The van der Waals surface area contributed by atoms with E-state index in [-0.39, 0.29) is 17.1 Å². The second-order valence-electron chi connectivity index (χ2n) is 3.94. The molecule has 1 aromatic rings. The summed E-state index contributed by atoms with van der Waals surface area (Å²) in [4.78, 5) is 11.0. The maximum absolute atomic E-state index is 13.1. The van der Waals surface area contributed by atoms with Crippen LogP contribution < -0.4 is 9.47 Å². The molecule has 0 aliphatic carbocycles. The number of para-hydroxylation sites is 1. The van der Waals surface area contributed by atoms with Gasteiger partial charge in [0, 0.05) is 5.56 Å². The molecule has 0 fully saturated rings. The number of aliphatic carboxylic acids is 1. The minimum absolute atomic E-state index is 0.0254. The van der Waals surface area contributed by atoms with Crippen LogP contribution in [-0.2, 0) is 4.79 Å². The van der Waals surface area contributed by atoms with Gasteiger partial charge >= 0.3 is 17.2 Å². The third-order valence-electron chi connectivity index (χ3n) is 2.71. The van der Waals surface area contributed by atoms with Crippen LogP contribution in [0, 0.1) is 0 Å². The molecule has 1 unspecified atom stereocenters. The quantitative estimate of drug-likeness (QED) is 0.853. The Bertz CT molecular complexity index is 597. The van der Waals surface area contributed by atoms with Crippen molar-refractivity contribution in [2.24, 2.45) is 0 Å². The van der Waals surface area contributed by atoms with Crippen LogP contribution in [0.15, 0.2) is 23.8 Å². The molecule has 4 nitrogen and oxygen atoms in total. The van der Waals surface area contributed by atoms with Crippen LogP contribution >= 0.6 is 11.6 Å². The number of halogens is 4. The van der Waals surface area contributed by atoms with Crippen LogP contribution in [0.1, 0.15) is 5.56 Å². The number of alkyl halides is 4. The minimum Gasteiger partial charge on any atom is -0.493 e. The number of fused-ring (bicyclic) bond motifs is 1. The van der Waals surface area contributed by atoms with E-state index in [9.17, 15) is 18.0 Å². The van der Waals surface area contributed by atoms with E-state index in [2.05, 4.69) is 0 Å². The molecule has 1 aliphatic heterocycles. The fraction of sp³-hybridized carbons (Fsp3) is 0.250. The summed E-state index contributed by atoms with van der Waals surface area (Å²) in [7, 11) is 1.25. The first-order chi connectivity index (χ1) is 9.20. The van der Waals surface area contributed by atoms with Gasteiger partial charge in [0.1, 0.15) is 5.57 Å². The molecular weight excluding hydrogens is 301 g/mol. The molecule has 8 heteroatoms. The molecule has 0 spiro atoms. The molecule has 0 amide bonds. The molecule has 1 aliphatic rings. The van der Waals surface area contributed by atoms with E-state index in [0.29, 0.717) is 0 Å². The van der Waals surface area contributed by atoms with Crippen molar-refractivity contribution in [1.82, 2.24) is 0 Å². The van der Waals surface area contributed by atoms with Crippen molar-refractivity contribution in [2.75, 3.05) is 7.11 Å². The van der Waals surface area contributed by atoms with Crippen molar-refractivity contribution in [2.45, 2.75) is 11.2 Å². The number of ether oxygens (including phenoxy) is 2. The van der Waals surface area contributed by atoms with Crippen molar-refractivity contribution >= 4 is 23.6 Å². The number of benzene rings is 1. The van der Waals surface area contributed by atoms with Gasteiger partial charge in [-0.05, 0) is 12.1 Å². The maximum Gasteiger partial charge on any atom is 0.448 e. The number of carboxylic acids is 1. The molecule has 2 rings (SSSR count). The highest BCUT2D eigenvalue weighted by Gasteiger charge is 2.62. The first-order valence-electron chi connectivity index (χ1n) is 5.28. The van der Waals surface area contributed by atoms with Crippen molar-refractivity contribution in [3.63, 3.8) is 0 Å². The van der Waals surface area contributed by atoms with Gasteiger partial charge in [-0.25, -0.2) is 4.79 Å². The van der Waals surface area contributed by atoms with E-state index >= 15 is 0 Å². The zero-order chi connectivity index (χ0) is 15.1. The first kappa shape index (κ1) is 14.5. The summed E-state index contributed by atoms with van der Waals surface area (Å²) in [5.41, 5.74) is -0.963. The Morgan fingerprint density at radius 2 is 2.10 bits per heavy atom. The smallest absolute Gasteiger partial charge is 0.448 e. The summed E-state index contributed by atoms with van der Waals surface area (Å²) < 4.78 is 48.8.